The summed E-state index contributed by atoms with van der Waals surface area (Å²) in [6, 6.07) is 10.0. The molecule has 0 atom stereocenters. The number of nitrogens with one attached hydrogen (secondary N) is 1. The van der Waals surface area contributed by atoms with Crippen LogP contribution in [-0.4, -0.2) is 25.5 Å². The van der Waals surface area contributed by atoms with E-state index in [1.54, 1.807) is 0 Å². The van der Waals surface area contributed by atoms with Crippen LogP contribution in [0.3, 0.4) is 0 Å². The SMILES string of the molecule is Cl.O=C1N(c2ccccc2)CCC12CCNCC2. The average Bonchev–Trinajstić information content (AvgIpc) is 2.70. The van der Waals surface area contributed by atoms with Crippen LogP contribution in [0.2, 0.25) is 0 Å². The molecule has 18 heavy (non-hydrogen) atoms. The quantitative estimate of drug-likeness (QED) is 0.845. The van der Waals surface area contributed by atoms with Crippen molar-refractivity contribution in [1.82, 2.24) is 5.32 Å². The third-order valence-electron chi connectivity index (χ3n) is 4.14. The molecule has 2 saturated heterocycles. The number of para-hydroxylation sites is 1. The summed E-state index contributed by atoms with van der Waals surface area (Å²) in [4.78, 5) is 14.5. The molecule has 2 fully saturated rings. The van der Waals surface area contributed by atoms with E-state index in [9.17, 15) is 4.79 Å². The van der Waals surface area contributed by atoms with Gasteiger partial charge < -0.3 is 10.2 Å². The molecule has 3 nitrogen and oxygen atoms in total. The zero-order chi connectivity index (χ0) is 11.7. The van der Waals surface area contributed by atoms with E-state index in [0.717, 1.165) is 44.6 Å². The Kier molecular flexibility index (Phi) is 3.93. The topological polar surface area (TPSA) is 32.3 Å². The number of nitrogens with zero attached hydrogens (tertiary/aromatic N) is 1. The molecule has 98 valence electrons. The number of hydrogen-bond donors (Lipinski definition) is 1. The maximum atomic E-state index is 12.6. The largest absolute Gasteiger partial charge is 0.317 e. The fraction of sp³-hybridized carbons (Fsp3) is 0.500. The second-order valence-corrected chi connectivity index (χ2v) is 5.07. The smallest absolute Gasteiger partial charge is 0.233 e. The summed E-state index contributed by atoms with van der Waals surface area (Å²) in [5.74, 6) is 0.338. The van der Waals surface area contributed by atoms with Crippen molar-refractivity contribution < 1.29 is 4.79 Å². The molecular weight excluding hydrogens is 248 g/mol. The number of halogens is 1. The molecule has 2 aliphatic rings. The van der Waals surface area contributed by atoms with Crippen molar-refractivity contribution >= 4 is 24.0 Å². The first kappa shape index (κ1) is 13.4. The summed E-state index contributed by atoms with van der Waals surface area (Å²) in [7, 11) is 0. The van der Waals surface area contributed by atoms with E-state index in [2.05, 4.69) is 5.32 Å². The number of hydrogen-bond acceptors (Lipinski definition) is 2. The highest BCUT2D eigenvalue weighted by molar-refractivity contribution is 5.99. The Morgan fingerprint density at radius 2 is 1.72 bits per heavy atom. The van der Waals surface area contributed by atoms with Gasteiger partial charge in [0.15, 0.2) is 0 Å². The maximum Gasteiger partial charge on any atom is 0.233 e. The number of piperidine rings is 1. The Balaban J connectivity index is 0.00000120. The molecule has 0 saturated carbocycles. The summed E-state index contributed by atoms with van der Waals surface area (Å²) < 4.78 is 0. The second-order valence-electron chi connectivity index (χ2n) is 5.07. The molecule has 0 unspecified atom stereocenters. The molecule has 2 aliphatic heterocycles. The lowest BCUT2D eigenvalue weighted by atomic mass is 9.78. The number of rotatable bonds is 1. The standard InChI is InChI=1S/C14H18N2O.ClH/c17-13-14(6-9-15-10-7-14)8-11-16(13)12-4-2-1-3-5-12;/h1-5,15H,6-11H2;1H. The molecule has 1 aromatic rings. The summed E-state index contributed by atoms with van der Waals surface area (Å²) in [6.45, 7) is 2.84. The van der Waals surface area contributed by atoms with Crippen molar-refractivity contribution in [1.29, 1.82) is 0 Å². The van der Waals surface area contributed by atoms with E-state index in [1.807, 2.05) is 35.2 Å². The van der Waals surface area contributed by atoms with Gasteiger partial charge in [0.05, 0.1) is 5.41 Å². The molecular formula is C14H19ClN2O. The predicted molar refractivity (Wildman–Crippen MR) is 75.2 cm³/mol. The minimum atomic E-state index is -0.0684. The fourth-order valence-electron chi connectivity index (χ4n) is 3.04. The van der Waals surface area contributed by atoms with Gasteiger partial charge in [0.25, 0.3) is 0 Å². The van der Waals surface area contributed by atoms with Crippen LogP contribution in [-0.2, 0) is 4.79 Å². The molecule has 0 aliphatic carbocycles. The molecule has 1 N–H and O–H groups in total. The van der Waals surface area contributed by atoms with Crippen molar-refractivity contribution in [3.8, 4) is 0 Å². The van der Waals surface area contributed by atoms with E-state index >= 15 is 0 Å². The minimum absolute atomic E-state index is 0. The zero-order valence-corrected chi connectivity index (χ0v) is 11.2. The van der Waals surface area contributed by atoms with Gasteiger partial charge in [-0.2, -0.15) is 0 Å². The third kappa shape index (κ3) is 2.13. The molecule has 3 rings (SSSR count). The molecule has 1 aromatic carbocycles. The van der Waals surface area contributed by atoms with E-state index < -0.39 is 0 Å². The highest BCUT2D eigenvalue weighted by Gasteiger charge is 2.47. The van der Waals surface area contributed by atoms with Gasteiger partial charge in [0.1, 0.15) is 0 Å². The summed E-state index contributed by atoms with van der Waals surface area (Å²) in [6.07, 6.45) is 3.01. The van der Waals surface area contributed by atoms with Gasteiger partial charge in [0.2, 0.25) is 5.91 Å². The van der Waals surface area contributed by atoms with Crippen LogP contribution in [0.1, 0.15) is 19.3 Å². The number of anilines is 1. The van der Waals surface area contributed by atoms with Crippen LogP contribution in [0.5, 0.6) is 0 Å². The van der Waals surface area contributed by atoms with Crippen molar-refractivity contribution in [2.24, 2.45) is 5.41 Å². The Labute approximate surface area is 114 Å². The summed E-state index contributed by atoms with van der Waals surface area (Å²) in [5.41, 5.74) is 0.981. The molecule has 0 radical (unpaired) electrons. The van der Waals surface area contributed by atoms with Crippen molar-refractivity contribution in [3.05, 3.63) is 30.3 Å². The van der Waals surface area contributed by atoms with Crippen LogP contribution in [0.15, 0.2) is 30.3 Å². The monoisotopic (exact) mass is 266 g/mol. The Bertz CT molecular complexity index is 415. The normalized spacial score (nSPS) is 22.0. The fourth-order valence-corrected chi connectivity index (χ4v) is 3.04. The Morgan fingerprint density at radius 1 is 1.06 bits per heavy atom. The lowest BCUT2D eigenvalue weighted by Crippen LogP contribution is -2.42. The summed E-state index contributed by atoms with van der Waals surface area (Å²) >= 11 is 0. The zero-order valence-electron chi connectivity index (χ0n) is 10.4. The molecule has 1 amide bonds. The highest BCUT2D eigenvalue weighted by atomic mass is 35.5. The van der Waals surface area contributed by atoms with Crippen LogP contribution in [0, 0.1) is 5.41 Å². The molecule has 4 heteroatoms. The van der Waals surface area contributed by atoms with Crippen LogP contribution in [0.4, 0.5) is 5.69 Å². The number of carbonyl (C=O) groups is 1. The number of carbonyl (C=O) groups excluding carboxylic acids is 1. The van der Waals surface area contributed by atoms with Crippen LogP contribution >= 0.6 is 12.4 Å². The lowest BCUT2D eigenvalue weighted by molar-refractivity contribution is -0.126. The van der Waals surface area contributed by atoms with Gasteiger partial charge in [-0.15, -0.1) is 12.4 Å². The van der Waals surface area contributed by atoms with Gasteiger partial charge in [0, 0.05) is 12.2 Å². The van der Waals surface area contributed by atoms with Gasteiger partial charge >= 0.3 is 0 Å². The van der Waals surface area contributed by atoms with Crippen LogP contribution < -0.4 is 10.2 Å². The molecule has 2 heterocycles. The van der Waals surface area contributed by atoms with Crippen molar-refractivity contribution in [2.45, 2.75) is 19.3 Å². The van der Waals surface area contributed by atoms with Gasteiger partial charge in [-0.3, -0.25) is 4.79 Å². The van der Waals surface area contributed by atoms with Gasteiger partial charge in [-0.25, -0.2) is 0 Å². The minimum Gasteiger partial charge on any atom is -0.317 e. The first-order valence-electron chi connectivity index (χ1n) is 6.40. The number of amides is 1. The van der Waals surface area contributed by atoms with E-state index in [-0.39, 0.29) is 17.8 Å². The average molecular weight is 267 g/mol. The number of benzene rings is 1. The van der Waals surface area contributed by atoms with E-state index in [0.29, 0.717) is 5.91 Å². The second kappa shape index (κ2) is 5.29. The first-order chi connectivity index (χ1) is 8.32. The lowest BCUT2D eigenvalue weighted by Gasteiger charge is -2.32. The van der Waals surface area contributed by atoms with Gasteiger partial charge in [-0.1, -0.05) is 18.2 Å². The molecule has 0 bridgehead atoms. The Morgan fingerprint density at radius 3 is 2.39 bits per heavy atom. The highest BCUT2D eigenvalue weighted by Crippen LogP contribution is 2.41. The van der Waals surface area contributed by atoms with E-state index in [4.69, 9.17) is 0 Å². The van der Waals surface area contributed by atoms with Gasteiger partial charge in [-0.05, 0) is 44.5 Å². The first-order valence-corrected chi connectivity index (χ1v) is 6.40. The van der Waals surface area contributed by atoms with Crippen LogP contribution in [0.25, 0.3) is 0 Å². The third-order valence-corrected chi connectivity index (χ3v) is 4.14. The molecule has 1 spiro atoms. The van der Waals surface area contributed by atoms with Crippen molar-refractivity contribution in [2.75, 3.05) is 24.5 Å². The van der Waals surface area contributed by atoms with E-state index in [1.165, 1.54) is 0 Å². The Hall–Kier alpha value is -1.06. The predicted octanol–water partition coefficient (Wildman–Crippen LogP) is 2.21. The molecule has 0 aromatic heterocycles. The summed E-state index contributed by atoms with van der Waals surface area (Å²) in [5, 5.41) is 3.34. The maximum absolute atomic E-state index is 12.6. The van der Waals surface area contributed by atoms with Crippen molar-refractivity contribution in [3.63, 3.8) is 0 Å².